The van der Waals surface area contributed by atoms with Crippen molar-refractivity contribution in [1.29, 1.82) is 0 Å². The molecule has 2 rings (SSSR count). The third-order valence-electron chi connectivity index (χ3n) is 9.74. The molecule has 0 aliphatic carbocycles. The van der Waals surface area contributed by atoms with Gasteiger partial charge in [0, 0.05) is 88.8 Å². The maximum atomic E-state index is 12.2. The van der Waals surface area contributed by atoms with E-state index < -0.39 is 23.7 Å². The summed E-state index contributed by atoms with van der Waals surface area (Å²) in [6.07, 6.45) is 7.20. The molecule has 0 radical (unpaired) electrons. The minimum Gasteiger partial charge on any atom is -0.481 e. The van der Waals surface area contributed by atoms with Crippen LogP contribution in [0.15, 0.2) is 0 Å². The van der Waals surface area contributed by atoms with Crippen molar-refractivity contribution in [1.82, 2.24) is 41.8 Å². The Balaban J connectivity index is 1.36. The van der Waals surface area contributed by atoms with E-state index >= 15 is 0 Å². The molecule has 2 aliphatic rings. The number of hydrogen-bond acceptors (Lipinski definition) is 12. The Labute approximate surface area is 343 Å². The molecule has 0 aromatic carbocycles. The van der Waals surface area contributed by atoms with Gasteiger partial charge in [-0.25, -0.2) is 20.0 Å². The molecule has 0 aromatic heterocycles. The van der Waals surface area contributed by atoms with Crippen LogP contribution in [0.1, 0.15) is 122 Å². The highest BCUT2D eigenvalue weighted by Gasteiger charge is 2.42. The fourth-order valence-corrected chi connectivity index (χ4v) is 7.87. The predicted molar refractivity (Wildman–Crippen MR) is 210 cm³/mol. The number of carboxylic acids is 1. The predicted octanol–water partition coefficient (Wildman–Crippen LogP) is 1.65. The molecule has 58 heavy (non-hydrogen) atoms. The quantitative estimate of drug-likeness (QED) is 0.0202. The van der Waals surface area contributed by atoms with Crippen LogP contribution in [0, 0.1) is 0 Å². The van der Waals surface area contributed by atoms with E-state index in [9.17, 15) is 54.0 Å². The standard InChI is InChI=1S/C37H64N8O12S/c46-29(13-5-4-12-28-36-27(26-58-28)41-37(54)42-36)38-20-6-1-9-23-43(55)32(49)16-14-30(47)39-21-7-2-10-24-44(56)33(50)17-15-31(48)40-22-8-3-11-25-45(57)34(51)18-19-35(52)53/h27-28,36,55-57H,1-26H2,(H,38,46)(H,39,47)(H,40,48)(H,52,53)(H2,41,42,54)/t27-,28-,36-/m0/s1. The van der Waals surface area contributed by atoms with Crippen LogP contribution in [0.25, 0.3) is 0 Å². The summed E-state index contributed by atoms with van der Waals surface area (Å²) >= 11 is 1.86. The maximum Gasteiger partial charge on any atom is 0.315 e. The van der Waals surface area contributed by atoms with Gasteiger partial charge in [0.1, 0.15) is 0 Å². The van der Waals surface area contributed by atoms with Crippen molar-refractivity contribution in [2.45, 2.75) is 139 Å². The lowest BCUT2D eigenvalue weighted by molar-refractivity contribution is -0.166. The number of carboxylic acid groups (broad SMARTS) is 1. The minimum absolute atomic E-state index is 0.00276. The summed E-state index contributed by atoms with van der Waals surface area (Å²) in [7, 11) is 0. The van der Waals surface area contributed by atoms with Gasteiger partial charge in [0.15, 0.2) is 0 Å². The number of aliphatic carboxylic acids is 1. The van der Waals surface area contributed by atoms with Gasteiger partial charge in [0.25, 0.3) is 0 Å². The summed E-state index contributed by atoms with van der Waals surface area (Å²) < 4.78 is 0. The van der Waals surface area contributed by atoms with Crippen LogP contribution in [0.4, 0.5) is 4.79 Å². The molecule has 8 amide bonds. The summed E-state index contributed by atoms with van der Waals surface area (Å²) in [5.74, 6) is -2.72. The van der Waals surface area contributed by atoms with Crippen LogP contribution >= 0.6 is 11.8 Å². The average molecular weight is 845 g/mol. The summed E-state index contributed by atoms with van der Waals surface area (Å²) in [5.41, 5.74) is 0. The van der Waals surface area contributed by atoms with E-state index in [1.165, 1.54) is 0 Å². The molecular weight excluding hydrogens is 781 g/mol. The molecule has 330 valence electrons. The fraction of sp³-hybridized carbons (Fsp3) is 0.784. The third kappa shape index (κ3) is 22.1. The Morgan fingerprint density at radius 2 is 0.983 bits per heavy atom. The Morgan fingerprint density at radius 1 is 0.552 bits per heavy atom. The number of fused-ring (bicyclic) bond motifs is 1. The van der Waals surface area contributed by atoms with Crippen molar-refractivity contribution >= 4 is 59.2 Å². The smallest absolute Gasteiger partial charge is 0.315 e. The van der Waals surface area contributed by atoms with Crippen LogP contribution in [0.3, 0.4) is 0 Å². The molecular formula is C37H64N8O12S. The molecule has 2 fully saturated rings. The van der Waals surface area contributed by atoms with Gasteiger partial charge in [-0.15, -0.1) is 0 Å². The van der Waals surface area contributed by atoms with Crippen molar-refractivity contribution in [3.8, 4) is 0 Å². The maximum absolute atomic E-state index is 12.2. The van der Waals surface area contributed by atoms with Gasteiger partial charge >= 0.3 is 12.0 Å². The molecule has 0 bridgehead atoms. The van der Waals surface area contributed by atoms with Gasteiger partial charge in [-0.05, 0) is 70.6 Å². The van der Waals surface area contributed by atoms with Gasteiger partial charge < -0.3 is 31.7 Å². The largest absolute Gasteiger partial charge is 0.481 e. The van der Waals surface area contributed by atoms with Crippen LogP contribution in [0.5, 0.6) is 0 Å². The lowest BCUT2D eigenvalue weighted by Gasteiger charge is -2.16. The first kappa shape index (κ1) is 49.9. The average Bonchev–Trinajstić information content (AvgIpc) is 3.75. The lowest BCUT2D eigenvalue weighted by Crippen LogP contribution is -2.36. The SMILES string of the molecule is O=C(O)CCC(=O)N(O)CCCCCNC(=O)CCC(=O)N(O)CCCCCNC(=O)CCC(=O)N(O)CCCCCNC(=O)CCCC[C@@H]1SC[C@@H]2NC(=O)N[C@@H]21. The second-order valence-electron chi connectivity index (χ2n) is 14.5. The number of unbranched alkanes of at least 4 members (excludes halogenated alkanes) is 7. The van der Waals surface area contributed by atoms with Crippen molar-refractivity contribution in [2.75, 3.05) is 45.0 Å². The first-order valence-electron chi connectivity index (χ1n) is 20.4. The van der Waals surface area contributed by atoms with E-state index in [1.807, 2.05) is 11.8 Å². The fourth-order valence-electron chi connectivity index (χ4n) is 6.33. The molecule has 9 N–H and O–H groups in total. The number of rotatable bonds is 32. The second-order valence-corrected chi connectivity index (χ2v) is 15.8. The van der Waals surface area contributed by atoms with E-state index in [2.05, 4.69) is 26.6 Å². The molecule has 2 heterocycles. The van der Waals surface area contributed by atoms with Crippen LogP contribution < -0.4 is 26.6 Å². The van der Waals surface area contributed by atoms with Gasteiger partial charge in [0.2, 0.25) is 35.4 Å². The zero-order valence-corrected chi connectivity index (χ0v) is 34.2. The summed E-state index contributed by atoms with van der Waals surface area (Å²) in [6, 6.07) is 0.280. The normalized spacial score (nSPS) is 16.7. The zero-order valence-electron chi connectivity index (χ0n) is 33.4. The molecule has 3 atom stereocenters. The number of urea groups is 1. The molecule has 0 spiro atoms. The van der Waals surface area contributed by atoms with E-state index in [4.69, 9.17) is 5.11 Å². The van der Waals surface area contributed by atoms with Gasteiger partial charge in [-0.2, -0.15) is 11.8 Å². The summed E-state index contributed by atoms with van der Waals surface area (Å²) in [6.45, 7) is 1.43. The second kappa shape index (κ2) is 29.1. The molecule has 0 aromatic rings. The Morgan fingerprint density at radius 3 is 1.43 bits per heavy atom. The summed E-state index contributed by atoms with van der Waals surface area (Å²) in [4.78, 5) is 94.2. The number of carbonyl (C=O) groups excluding carboxylic acids is 7. The van der Waals surface area contributed by atoms with Crippen molar-refractivity contribution in [2.24, 2.45) is 0 Å². The molecule has 20 nitrogen and oxygen atoms in total. The molecule has 2 aliphatic heterocycles. The molecule has 0 saturated carbocycles. The van der Waals surface area contributed by atoms with Crippen molar-refractivity contribution < 1.29 is 59.1 Å². The zero-order chi connectivity index (χ0) is 42.7. The van der Waals surface area contributed by atoms with E-state index in [1.54, 1.807) is 0 Å². The van der Waals surface area contributed by atoms with Crippen molar-refractivity contribution in [3.05, 3.63) is 0 Å². The van der Waals surface area contributed by atoms with Crippen LogP contribution in [0.2, 0.25) is 0 Å². The highest BCUT2D eigenvalue weighted by molar-refractivity contribution is 8.00. The topological polar surface area (TPSA) is 287 Å². The highest BCUT2D eigenvalue weighted by Crippen LogP contribution is 2.33. The monoisotopic (exact) mass is 844 g/mol. The number of thioether (sulfide) groups is 1. The molecule has 21 heteroatoms. The number of amides is 8. The number of hydroxylamine groups is 6. The number of nitrogens with one attached hydrogen (secondary N) is 5. The van der Waals surface area contributed by atoms with Gasteiger partial charge in [0.05, 0.1) is 18.5 Å². The van der Waals surface area contributed by atoms with E-state index in [0.717, 1.165) is 25.0 Å². The molecule has 0 unspecified atom stereocenters. The third-order valence-corrected chi connectivity index (χ3v) is 11.2. The van der Waals surface area contributed by atoms with Crippen molar-refractivity contribution in [3.63, 3.8) is 0 Å². The Hall–Kier alpha value is -4.21. The first-order valence-corrected chi connectivity index (χ1v) is 21.5. The van der Waals surface area contributed by atoms with Crippen LogP contribution in [-0.4, -0.2) is 146 Å². The van der Waals surface area contributed by atoms with Gasteiger partial charge in [-0.1, -0.05) is 6.42 Å². The van der Waals surface area contributed by atoms with E-state index in [-0.39, 0.29) is 94.0 Å². The van der Waals surface area contributed by atoms with Gasteiger partial charge in [-0.3, -0.25) is 49.2 Å². The Bertz CT molecular complexity index is 1340. The van der Waals surface area contributed by atoms with Crippen LogP contribution in [-0.2, 0) is 33.6 Å². The number of nitrogens with zero attached hydrogens (tertiary/aromatic N) is 3. The molecule has 2 saturated heterocycles. The first-order chi connectivity index (χ1) is 27.8. The number of hydrogen-bond donors (Lipinski definition) is 9. The minimum atomic E-state index is -1.12. The number of carbonyl (C=O) groups is 8. The Kier molecular flexibility index (Phi) is 25.0. The highest BCUT2D eigenvalue weighted by atomic mass is 32.2. The summed E-state index contributed by atoms with van der Waals surface area (Å²) in [5, 5.41) is 54.4. The van der Waals surface area contributed by atoms with E-state index in [0.29, 0.717) is 104 Å². The lowest BCUT2D eigenvalue weighted by atomic mass is 10.0.